The van der Waals surface area contributed by atoms with Crippen LogP contribution in [0.2, 0.25) is 15.1 Å². The quantitative estimate of drug-likeness (QED) is 0.0759. The van der Waals surface area contributed by atoms with Gasteiger partial charge in [0.05, 0.1) is 76.8 Å². The lowest BCUT2D eigenvalue weighted by Crippen LogP contribution is -2.09. The van der Waals surface area contributed by atoms with Crippen LogP contribution in [0.5, 0.6) is 34.5 Å². The van der Waals surface area contributed by atoms with E-state index in [0.717, 1.165) is 84.2 Å². The largest absolute Gasteiger partial charge is 0.493 e. The summed E-state index contributed by atoms with van der Waals surface area (Å²) in [6.07, 6.45) is 0. The molecule has 3 heterocycles. The molecule has 0 bridgehead atoms. The van der Waals surface area contributed by atoms with Crippen LogP contribution in [0.1, 0.15) is 0 Å². The number of methoxy groups -OCH3 is 6. The number of rotatable bonds is 18. The third-order valence-electron chi connectivity index (χ3n) is 14.7. The molecule has 9 aromatic carbocycles. The molecule has 12 rings (SSSR count). The Morgan fingerprint density at radius 3 is 0.788 bits per heavy atom. The number of nitrogens with one attached hydrogen (secondary N) is 3. The SMILES string of the molecule is COc1ccc(-c2nc(-c3ccc(N(c4ccc(-c5nc(-c6ccc(OC)c(OC)c6)c(-c6ccccc6Cl)[nH]5)cc4)c4ccc(-c5nc(-c6ccc(OC)c(OC)c6)c(-c6ccccc6Cl)[nH]5)cc4)cc3)[nH]c2-c2ccccc2Cl)cc1OC. The predicted octanol–water partition coefficient (Wildman–Crippen LogP) is 18.3. The lowest BCUT2D eigenvalue weighted by molar-refractivity contribution is 0.355. The molecule has 0 unspecified atom stereocenters. The van der Waals surface area contributed by atoms with Gasteiger partial charge in [0.1, 0.15) is 17.5 Å². The molecule has 0 aliphatic heterocycles. The molecule has 0 fully saturated rings. The van der Waals surface area contributed by atoms with Crippen LogP contribution in [-0.2, 0) is 0 Å². The first-order valence-electron chi connectivity index (χ1n) is 26.9. The summed E-state index contributed by atoms with van der Waals surface area (Å²) < 4.78 is 33.9. The zero-order chi connectivity index (χ0) is 58.7. The summed E-state index contributed by atoms with van der Waals surface area (Å²) >= 11 is 20.6. The average Bonchev–Trinajstić information content (AvgIpc) is 4.29. The molecule has 0 amide bonds. The van der Waals surface area contributed by atoms with Gasteiger partial charge in [-0.25, -0.2) is 15.0 Å². The van der Waals surface area contributed by atoms with Crippen LogP contribution in [0.4, 0.5) is 17.1 Å². The maximum atomic E-state index is 6.87. The lowest BCUT2D eigenvalue weighted by Gasteiger charge is -2.26. The summed E-state index contributed by atoms with van der Waals surface area (Å²) in [5.41, 5.74) is 14.5. The van der Waals surface area contributed by atoms with Gasteiger partial charge in [0.25, 0.3) is 0 Å². The highest BCUT2D eigenvalue weighted by Gasteiger charge is 2.24. The van der Waals surface area contributed by atoms with Gasteiger partial charge in [-0.05, 0) is 146 Å². The molecule has 13 nitrogen and oxygen atoms in total. The van der Waals surface area contributed by atoms with Crippen molar-refractivity contribution in [1.29, 1.82) is 0 Å². The highest BCUT2D eigenvalue weighted by atomic mass is 35.5. The fourth-order valence-corrected chi connectivity index (χ4v) is 11.1. The van der Waals surface area contributed by atoms with E-state index in [0.29, 0.717) is 84.1 Å². The van der Waals surface area contributed by atoms with Gasteiger partial charge in [-0.3, -0.25) is 0 Å². The molecule has 0 aliphatic carbocycles. The predicted molar refractivity (Wildman–Crippen MR) is 341 cm³/mol. The molecule has 3 N–H and O–H groups in total. The number of benzene rings is 9. The summed E-state index contributed by atoms with van der Waals surface area (Å²) in [5.74, 6) is 5.51. The van der Waals surface area contributed by atoms with E-state index in [1.807, 2.05) is 127 Å². The van der Waals surface area contributed by atoms with E-state index < -0.39 is 0 Å². The maximum Gasteiger partial charge on any atom is 0.161 e. The van der Waals surface area contributed by atoms with Crippen molar-refractivity contribution >= 4 is 51.9 Å². The normalized spacial score (nSPS) is 11.1. The summed E-state index contributed by atoms with van der Waals surface area (Å²) in [7, 11) is 9.69. The molecule has 0 saturated carbocycles. The van der Waals surface area contributed by atoms with Crippen molar-refractivity contribution < 1.29 is 28.4 Å². The number of halogens is 3. The van der Waals surface area contributed by atoms with E-state index in [9.17, 15) is 0 Å². The van der Waals surface area contributed by atoms with Gasteiger partial charge in [0, 0.05) is 82.2 Å². The van der Waals surface area contributed by atoms with Crippen molar-refractivity contribution in [2.45, 2.75) is 0 Å². The Hall–Kier alpha value is -9.92. The summed E-state index contributed by atoms with van der Waals surface area (Å²) in [6.45, 7) is 0. The monoisotopic (exact) mass is 1180 g/mol. The fourth-order valence-electron chi connectivity index (χ4n) is 10.4. The van der Waals surface area contributed by atoms with Crippen LogP contribution >= 0.6 is 34.8 Å². The molecule has 0 aliphatic rings. The smallest absolute Gasteiger partial charge is 0.161 e. The van der Waals surface area contributed by atoms with E-state index in [1.165, 1.54) is 0 Å². The number of aromatic amines is 3. The van der Waals surface area contributed by atoms with Crippen LogP contribution in [0.25, 0.3) is 102 Å². The number of nitrogens with zero attached hydrogens (tertiary/aromatic N) is 4. The Morgan fingerprint density at radius 1 is 0.294 bits per heavy atom. The first-order valence-corrected chi connectivity index (χ1v) is 28.0. The lowest BCUT2D eigenvalue weighted by atomic mass is 10.0. The second-order valence-corrected chi connectivity index (χ2v) is 20.8. The van der Waals surface area contributed by atoms with Gasteiger partial charge >= 0.3 is 0 Å². The van der Waals surface area contributed by atoms with Crippen LogP contribution in [0.15, 0.2) is 200 Å². The minimum absolute atomic E-state index is 0.580. The molecular formula is C69H54Cl3N7O6. The number of hydrogen-bond acceptors (Lipinski definition) is 10. The van der Waals surface area contributed by atoms with Gasteiger partial charge in [0.2, 0.25) is 0 Å². The molecule has 3 aromatic heterocycles. The van der Waals surface area contributed by atoms with Crippen molar-refractivity contribution in [3.63, 3.8) is 0 Å². The number of imidazole rings is 3. The third kappa shape index (κ3) is 10.9. The van der Waals surface area contributed by atoms with Crippen LogP contribution in [0, 0.1) is 0 Å². The van der Waals surface area contributed by atoms with Gasteiger partial charge in [-0.2, -0.15) is 0 Å². The Balaban J connectivity index is 0.954. The topological polar surface area (TPSA) is 145 Å². The van der Waals surface area contributed by atoms with Crippen LogP contribution in [0.3, 0.4) is 0 Å². The van der Waals surface area contributed by atoms with Crippen molar-refractivity contribution in [2.24, 2.45) is 0 Å². The Morgan fingerprint density at radius 2 is 0.541 bits per heavy atom. The van der Waals surface area contributed by atoms with E-state index in [1.54, 1.807) is 42.7 Å². The zero-order valence-electron chi connectivity index (χ0n) is 46.9. The first-order chi connectivity index (χ1) is 41.6. The Kier molecular flexibility index (Phi) is 15.8. The number of ether oxygens (including phenoxy) is 6. The first kappa shape index (κ1) is 55.6. The van der Waals surface area contributed by atoms with Crippen molar-refractivity contribution in [1.82, 2.24) is 29.9 Å². The molecule has 422 valence electrons. The molecule has 16 heteroatoms. The van der Waals surface area contributed by atoms with E-state index in [2.05, 4.69) is 92.6 Å². The molecule has 0 saturated heterocycles. The van der Waals surface area contributed by atoms with E-state index in [-0.39, 0.29) is 0 Å². The minimum atomic E-state index is 0.580. The van der Waals surface area contributed by atoms with Crippen molar-refractivity contribution in [2.75, 3.05) is 47.6 Å². The van der Waals surface area contributed by atoms with Gasteiger partial charge < -0.3 is 48.3 Å². The molecule has 0 radical (unpaired) electrons. The molecule has 85 heavy (non-hydrogen) atoms. The fraction of sp³-hybridized carbons (Fsp3) is 0.0870. The summed E-state index contributed by atoms with van der Waals surface area (Å²) in [5, 5.41) is 1.75. The molecule has 0 spiro atoms. The summed E-state index contributed by atoms with van der Waals surface area (Å²) in [4.78, 5) is 28.7. The minimum Gasteiger partial charge on any atom is -0.493 e. The van der Waals surface area contributed by atoms with E-state index >= 15 is 0 Å². The number of hydrogen-bond donors (Lipinski definition) is 3. The average molecular weight is 1180 g/mol. The Bertz CT molecular complexity index is 3940. The van der Waals surface area contributed by atoms with Gasteiger partial charge in [-0.1, -0.05) is 89.4 Å². The van der Waals surface area contributed by atoms with E-state index in [4.69, 9.17) is 78.2 Å². The van der Waals surface area contributed by atoms with Crippen LogP contribution in [-0.4, -0.2) is 72.6 Å². The van der Waals surface area contributed by atoms with Crippen molar-refractivity contribution in [3.8, 4) is 136 Å². The second-order valence-electron chi connectivity index (χ2n) is 19.6. The number of H-pyrrole nitrogens is 3. The van der Waals surface area contributed by atoms with Gasteiger partial charge in [-0.15, -0.1) is 0 Å². The maximum absolute atomic E-state index is 6.87. The second kappa shape index (κ2) is 24.1. The molecular weight excluding hydrogens is 1130 g/mol. The molecule has 0 atom stereocenters. The highest BCUT2D eigenvalue weighted by Crippen LogP contribution is 2.45. The number of anilines is 3. The standard InChI is InChI=1S/C69H54Cl3N7O6/c1-80-55-34-25-43(37-58(55)83-4)61-64(49-13-7-10-16-52(49)70)76-67(73-61)40-19-28-46(29-20-40)79(47-30-21-41(22-31-47)68-74-62(44-26-35-56(81-2)59(38-44)84-5)65(77-68)50-14-8-11-17-53(50)71)48-32-23-42(24-33-48)69-75-63(45-27-36-57(82-3)60(39-45)85-6)66(78-69)51-15-9-12-18-54(51)72/h7-39H,1-6H3,(H,73,76)(H,74,77)(H,75,78). The number of aromatic nitrogens is 6. The highest BCUT2D eigenvalue weighted by molar-refractivity contribution is 6.34. The summed E-state index contributed by atoms with van der Waals surface area (Å²) in [6, 6.07) is 65.2. The Labute approximate surface area is 506 Å². The molecule has 12 aromatic rings. The van der Waals surface area contributed by atoms with Crippen LogP contribution < -0.4 is 33.3 Å². The zero-order valence-corrected chi connectivity index (χ0v) is 49.2. The van der Waals surface area contributed by atoms with Gasteiger partial charge in [0.15, 0.2) is 34.5 Å². The van der Waals surface area contributed by atoms with Crippen molar-refractivity contribution in [3.05, 3.63) is 215 Å². The third-order valence-corrected chi connectivity index (χ3v) is 15.7.